The van der Waals surface area contributed by atoms with Gasteiger partial charge in [0.1, 0.15) is 11.6 Å². The summed E-state index contributed by atoms with van der Waals surface area (Å²) in [7, 11) is 0. The minimum Gasteiger partial charge on any atom is -0.481 e. The van der Waals surface area contributed by atoms with Gasteiger partial charge >= 0.3 is 12.0 Å². The molecule has 5 nitrogen and oxygen atoms in total. The summed E-state index contributed by atoms with van der Waals surface area (Å²) >= 11 is 0. The van der Waals surface area contributed by atoms with Crippen LogP contribution in [0.2, 0.25) is 0 Å². The summed E-state index contributed by atoms with van der Waals surface area (Å²) in [5.41, 5.74) is -0.813. The van der Waals surface area contributed by atoms with E-state index in [0.29, 0.717) is 0 Å². The molecule has 1 rings (SSSR count). The second-order valence-corrected chi connectivity index (χ2v) is 5.74. The van der Waals surface area contributed by atoms with Crippen molar-refractivity contribution >= 4 is 17.7 Å². The van der Waals surface area contributed by atoms with Crippen molar-refractivity contribution in [3.8, 4) is 0 Å². The molecule has 0 aromatic heterocycles. The van der Waals surface area contributed by atoms with Crippen molar-refractivity contribution in [2.45, 2.75) is 33.2 Å². The summed E-state index contributed by atoms with van der Waals surface area (Å²) in [4.78, 5) is 22.6. The molecule has 3 N–H and O–H groups in total. The zero-order valence-corrected chi connectivity index (χ0v) is 12.0. The maximum absolute atomic E-state index is 13.4. The van der Waals surface area contributed by atoms with Gasteiger partial charge < -0.3 is 15.7 Å². The molecule has 1 aromatic carbocycles. The fourth-order valence-electron chi connectivity index (χ4n) is 1.66. The number of rotatable bonds is 4. The molecular formula is C14H18F2N2O3. The van der Waals surface area contributed by atoms with E-state index in [9.17, 15) is 18.4 Å². The lowest BCUT2D eigenvalue weighted by molar-refractivity contribution is -0.138. The smallest absolute Gasteiger partial charge is 0.319 e. The first kappa shape index (κ1) is 16.9. The highest BCUT2D eigenvalue weighted by molar-refractivity contribution is 5.89. The molecule has 1 unspecified atom stereocenters. The summed E-state index contributed by atoms with van der Waals surface area (Å²) in [6.07, 6.45) is -0.275. The van der Waals surface area contributed by atoms with Crippen LogP contribution in [0, 0.1) is 17.0 Å². The topological polar surface area (TPSA) is 78.4 Å². The van der Waals surface area contributed by atoms with E-state index in [2.05, 4.69) is 10.6 Å². The Hall–Kier alpha value is -2.18. The van der Waals surface area contributed by atoms with Crippen molar-refractivity contribution in [2.75, 3.05) is 5.32 Å². The zero-order chi connectivity index (χ0) is 16.2. The van der Waals surface area contributed by atoms with Crippen molar-refractivity contribution in [2.24, 2.45) is 5.41 Å². The minimum atomic E-state index is -1.06. The molecule has 0 saturated carbocycles. The Morgan fingerprint density at radius 2 is 1.90 bits per heavy atom. The highest BCUT2D eigenvalue weighted by Gasteiger charge is 2.28. The van der Waals surface area contributed by atoms with Gasteiger partial charge in [-0.3, -0.25) is 4.79 Å². The van der Waals surface area contributed by atoms with E-state index in [-0.39, 0.29) is 12.1 Å². The van der Waals surface area contributed by atoms with Crippen LogP contribution in [-0.2, 0) is 4.79 Å². The summed E-state index contributed by atoms with van der Waals surface area (Å²) in [6, 6.07) is 1.22. The first-order valence-electron chi connectivity index (χ1n) is 6.34. The second kappa shape index (κ2) is 6.51. The van der Waals surface area contributed by atoms with E-state index in [4.69, 9.17) is 5.11 Å². The molecule has 0 saturated heterocycles. The quantitative estimate of drug-likeness (QED) is 0.800. The monoisotopic (exact) mass is 300 g/mol. The van der Waals surface area contributed by atoms with Crippen molar-refractivity contribution in [1.29, 1.82) is 0 Å². The van der Waals surface area contributed by atoms with E-state index < -0.39 is 35.1 Å². The van der Waals surface area contributed by atoms with Crippen LogP contribution in [0.25, 0.3) is 0 Å². The van der Waals surface area contributed by atoms with Gasteiger partial charge in [0.2, 0.25) is 0 Å². The molecule has 0 fully saturated rings. The molecule has 0 spiro atoms. The predicted octanol–water partition coefficient (Wildman–Crippen LogP) is 2.98. The van der Waals surface area contributed by atoms with Gasteiger partial charge in [-0.25, -0.2) is 13.6 Å². The fourth-order valence-corrected chi connectivity index (χ4v) is 1.66. The molecule has 7 heteroatoms. The average Bonchev–Trinajstić information content (AvgIpc) is 2.31. The van der Waals surface area contributed by atoms with Crippen LogP contribution in [-0.4, -0.2) is 23.1 Å². The number of nitrogens with one attached hydrogen (secondary N) is 2. The minimum absolute atomic E-state index is 0.275. The normalized spacial score (nSPS) is 12.6. The van der Waals surface area contributed by atoms with E-state index in [1.165, 1.54) is 0 Å². The Kier molecular flexibility index (Phi) is 5.23. The summed E-state index contributed by atoms with van der Waals surface area (Å²) in [5, 5.41) is 13.5. The molecule has 0 radical (unpaired) electrons. The molecule has 1 aromatic rings. The number of carbonyl (C=O) groups is 2. The predicted molar refractivity (Wildman–Crippen MR) is 74.0 cm³/mol. The molecule has 0 aliphatic carbocycles. The number of amides is 2. The Balaban J connectivity index is 2.78. The van der Waals surface area contributed by atoms with Crippen molar-refractivity contribution in [3.05, 3.63) is 29.8 Å². The van der Waals surface area contributed by atoms with E-state index >= 15 is 0 Å². The maximum atomic E-state index is 13.4. The van der Waals surface area contributed by atoms with E-state index in [1.807, 2.05) is 0 Å². The highest BCUT2D eigenvalue weighted by Crippen LogP contribution is 2.22. The Morgan fingerprint density at radius 3 is 2.43 bits per heavy atom. The molecular weight excluding hydrogens is 282 g/mol. The molecule has 0 bridgehead atoms. The van der Waals surface area contributed by atoms with Crippen molar-refractivity contribution in [3.63, 3.8) is 0 Å². The summed E-state index contributed by atoms with van der Waals surface area (Å²) < 4.78 is 26.4. The third kappa shape index (κ3) is 5.37. The number of benzene rings is 1. The number of urea groups is 1. The number of carboxylic acid groups (broad SMARTS) is 1. The van der Waals surface area contributed by atoms with Gasteiger partial charge in [0, 0.05) is 12.1 Å². The number of hydrogen-bond donors (Lipinski definition) is 3. The first-order valence-corrected chi connectivity index (χ1v) is 6.34. The van der Waals surface area contributed by atoms with Crippen LogP contribution in [0.15, 0.2) is 18.2 Å². The van der Waals surface area contributed by atoms with Crippen LogP contribution >= 0.6 is 0 Å². The zero-order valence-electron chi connectivity index (χ0n) is 12.0. The van der Waals surface area contributed by atoms with E-state index in [0.717, 1.165) is 18.2 Å². The standard InChI is InChI=1S/C14H18F2N2O3/c1-14(2,3)11(7-12(19)20)18-13(21)17-10-6-8(15)4-5-9(10)16/h4-6,11H,7H2,1-3H3,(H,19,20)(H2,17,18,21). The van der Waals surface area contributed by atoms with Crippen LogP contribution < -0.4 is 10.6 Å². The van der Waals surface area contributed by atoms with Gasteiger partial charge in [0.25, 0.3) is 0 Å². The lowest BCUT2D eigenvalue weighted by Gasteiger charge is -2.30. The lowest BCUT2D eigenvalue weighted by Crippen LogP contribution is -2.46. The van der Waals surface area contributed by atoms with Crippen LogP contribution in [0.5, 0.6) is 0 Å². The summed E-state index contributed by atoms with van der Waals surface area (Å²) in [5.74, 6) is -2.53. The molecule has 0 aliphatic rings. The Morgan fingerprint density at radius 1 is 1.29 bits per heavy atom. The van der Waals surface area contributed by atoms with Crippen LogP contribution in [0.3, 0.4) is 0 Å². The third-order valence-corrected chi connectivity index (χ3v) is 2.91. The molecule has 2 amide bonds. The van der Waals surface area contributed by atoms with E-state index in [1.54, 1.807) is 20.8 Å². The average molecular weight is 300 g/mol. The highest BCUT2D eigenvalue weighted by atomic mass is 19.1. The first-order chi connectivity index (χ1) is 9.59. The SMILES string of the molecule is CC(C)(C)C(CC(=O)O)NC(=O)Nc1cc(F)ccc1F. The number of hydrogen-bond acceptors (Lipinski definition) is 2. The van der Waals surface area contributed by atoms with Gasteiger partial charge in [-0.05, 0) is 17.5 Å². The van der Waals surface area contributed by atoms with Crippen molar-refractivity contribution in [1.82, 2.24) is 5.32 Å². The molecule has 21 heavy (non-hydrogen) atoms. The number of anilines is 1. The molecule has 116 valence electrons. The van der Waals surface area contributed by atoms with Crippen LogP contribution in [0.1, 0.15) is 27.2 Å². The molecule has 0 aliphatic heterocycles. The Bertz CT molecular complexity index is 542. The molecule has 0 heterocycles. The summed E-state index contributed by atoms with van der Waals surface area (Å²) in [6.45, 7) is 5.30. The second-order valence-electron chi connectivity index (χ2n) is 5.74. The lowest BCUT2D eigenvalue weighted by atomic mass is 9.85. The third-order valence-electron chi connectivity index (χ3n) is 2.91. The van der Waals surface area contributed by atoms with Crippen LogP contribution in [0.4, 0.5) is 19.3 Å². The number of carbonyl (C=O) groups excluding carboxylic acids is 1. The van der Waals surface area contributed by atoms with Gasteiger partial charge in [-0.2, -0.15) is 0 Å². The molecule has 1 atom stereocenters. The van der Waals surface area contributed by atoms with Gasteiger partial charge in [-0.1, -0.05) is 20.8 Å². The fraction of sp³-hybridized carbons (Fsp3) is 0.429. The number of carboxylic acids is 1. The van der Waals surface area contributed by atoms with Gasteiger partial charge in [0.15, 0.2) is 0 Å². The largest absolute Gasteiger partial charge is 0.481 e. The Labute approximate surface area is 121 Å². The number of aliphatic carboxylic acids is 1. The maximum Gasteiger partial charge on any atom is 0.319 e. The van der Waals surface area contributed by atoms with Gasteiger partial charge in [0.05, 0.1) is 12.1 Å². The van der Waals surface area contributed by atoms with Gasteiger partial charge in [-0.15, -0.1) is 0 Å². The van der Waals surface area contributed by atoms with Crippen molar-refractivity contribution < 1.29 is 23.5 Å². The number of halogens is 2.